The SMILES string of the molecule is CCOc1ccccc1Oc1cc(C)c(N)c(C(=O)O)c1. The number of carboxylic acid groups (broad SMARTS) is 1. The Morgan fingerprint density at radius 3 is 2.52 bits per heavy atom. The summed E-state index contributed by atoms with van der Waals surface area (Å²) in [5.41, 5.74) is 6.68. The Labute approximate surface area is 122 Å². The van der Waals surface area contributed by atoms with Gasteiger partial charge < -0.3 is 20.3 Å². The lowest BCUT2D eigenvalue weighted by atomic mass is 10.1. The number of anilines is 1. The van der Waals surface area contributed by atoms with Gasteiger partial charge in [-0.15, -0.1) is 0 Å². The van der Waals surface area contributed by atoms with Crippen LogP contribution < -0.4 is 15.2 Å². The maximum atomic E-state index is 11.2. The standard InChI is InChI=1S/C16H17NO4/c1-3-20-13-6-4-5-7-14(13)21-11-8-10(2)15(17)12(9-11)16(18)19/h4-9H,3,17H2,1-2H3,(H,18,19). The molecular weight excluding hydrogens is 270 g/mol. The van der Waals surface area contributed by atoms with Gasteiger partial charge in [0.1, 0.15) is 5.75 Å². The summed E-state index contributed by atoms with van der Waals surface area (Å²) in [5, 5.41) is 9.16. The van der Waals surface area contributed by atoms with Crippen molar-refractivity contribution in [2.24, 2.45) is 0 Å². The minimum absolute atomic E-state index is 0.0268. The molecule has 0 aliphatic carbocycles. The molecule has 0 fully saturated rings. The van der Waals surface area contributed by atoms with Crippen LogP contribution in [0.1, 0.15) is 22.8 Å². The van der Waals surface area contributed by atoms with Crippen LogP contribution in [0.5, 0.6) is 17.2 Å². The van der Waals surface area contributed by atoms with E-state index in [0.717, 1.165) is 0 Å². The molecule has 110 valence electrons. The molecule has 3 N–H and O–H groups in total. The predicted molar refractivity (Wildman–Crippen MR) is 80.2 cm³/mol. The average Bonchev–Trinajstić information content (AvgIpc) is 2.44. The lowest BCUT2D eigenvalue weighted by Crippen LogP contribution is -2.05. The van der Waals surface area contributed by atoms with Crippen LogP contribution in [0.15, 0.2) is 36.4 Å². The number of ether oxygens (including phenoxy) is 2. The van der Waals surface area contributed by atoms with Crippen LogP contribution in [0, 0.1) is 6.92 Å². The maximum absolute atomic E-state index is 11.2. The van der Waals surface area contributed by atoms with E-state index in [-0.39, 0.29) is 11.3 Å². The van der Waals surface area contributed by atoms with E-state index in [1.165, 1.54) is 6.07 Å². The molecule has 0 saturated heterocycles. The zero-order chi connectivity index (χ0) is 15.4. The summed E-state index contributed by atoms with van der Waals surface area (Å²) in [6.45, 7) is 4.14. The van der Waals surface area contributed by atoms with Crippen LogP contribution >= 0.6 is 0 Å². The molecule has 2 rings (SSSR count). The number of aryl methyl sites for hydroxylation is 1. The zero-order valence-corrected chi connectivity index (χ0v) is 11.9. The van der Waals surface area contributed by atoms with Gasteiger partial charge in [-0.3, -0.25) is 0 Å². The van der Waals surface area contributed by atoms with Crippen LogP contribution in [-0.2, 0) is 0 Å². The molecule has 5 heteroatoms. The van der Waals surface area contributed by atoms with Gasteiger partial charge >= 0.3 is 5.97 Å². The molecule has 0 atom stereocenters. The lowest BCUT2D eigenvalue weighted by Gasteiger charge is -2.13. The van der Waals surface area contributed by atoms with Crippen LogP contribution in [-0.4, -0.2) is 17.7 Å². The molecule has 5 nitrogen and oxygen atoms in total. The van der Waals surface area contributed by atoms with Gasteiger partial charge in [0.15, 0.2) is 11.5 Å². The molecule has 0 amide bonds. The smallest absolute Gasteiger partial charge is 0.337 e. The Kier molecular flexibility index (Phi) is 4.33. The molecule has 0 aliphatic heterocycles. The second kappa shape index (κ2) is 6.17. The van der Waals surface area contributed by atoms with E-state index in [9.17, 15) is 4.79 Å². The Bertz CT molecular complexity index is 667. The third-order valence-corrected chi connectivity index (χ3v) is 2.97. The highest BCUT2D eigenvalue weighted by atomic mass is 16.5. The summed E-state index contributed by atoms with van der Waals surface area (Å²) in [6.07, 6.45) is 0. The summed E-state index contributed by atoms with van der Waals surface area (Å²) >= 11 is 0. The van der Waals surface area contributed by atoms with Gasteiger partial charge in [0.2, 0.25) is 0 Å². The molecule has 0 saturated carbocycles. The molecule has 0 heterocycles. The highest BCUT2D eigenvalue weighted by molar-refractivity contribution is 5.95. The maximum Gasteiger partial charge on any atom is 0.337 e. The van der Waals surface area contributed by atoms with Crippen LogP contribution in [0.25, 0.3) is 0 Å². The number of carbonyl (C=O) groups is 1. The quantitative estimate of drug-likeness (QED) is 0.823. The molecule has 0 radical (unpaired) electrons. The molecule has 0 unspecified atom stereocenters. The first kappa shape index (κ1) is 14.7. The van der Waals surface area contributed by atoms with Crippen molar-refractivity contribution in [2.75, 3.05) is 12.3 Å². The summed E-state index contributed by atoms with van der Waals surface area (Å²) in [6, 6.07) is 10.3. The average molecular weight is 287 g/mol. The van der Waals surface area contributed by atoms with Gasteiger partial charge in [0.25, 0.3) is 0 Å². The molecule has 0 aromatic heterocycles. The Morgan fingerprint density at radius 2 is 1.90 bits per heavy atom. The fourth-order valence-corrected chi connectivity index (χ4v) is 1.94. The monoisotopic (exact) mass is 287 g/mol. The van der Waals surface area contributed by atoms with Crippen molar-refractivity contribution >= 4 is 11.7 Å². The van der Waals surface area contributed by atoms with Crippen molar-refractivity contribution in [2.45, 2.75) is 13.8 Å². The first-order chi connectivity index (χ1) is 10.0. The third-order valence-electron chi connectivity index (χ3n) is 2.97. The van der Waals surface area contributed by atoms with Crippen molar-refractivity contribution in [1.29, 1.82) is 0 Å². The number of carboxylic acids is 1. The third kappa shape index (κ3) is 3.25. The van der Waals surface area contributed by atoms with Gasteiger partial charge in [-0.05, 0) is 43.7 Å². The Hall–Kier alpha value is -2.69. The minimum Gasteiger partial charge on any atom is -0.490 e. The van der Waals surface area contributed by atoms with Gasteiger partial charge in [0.05, 0.1) is 12.2 Å². The van der Waals surface area contributed by atoms with E-state index in [4.69, 9.17) is 20.3 Å². The number of hydrogen-bond donors (Lipinski definition) is 2. The normalized spacial score (nSPS) is 10.2. The predicted octanol–water partition coefficient (Wildman–Crippen LogP) is 3.47. The second-order valence-electron chi connectivity index (χ2n) is 4.49. The highest BCUT2D eigenvalue weighted by Gasteiger charge is 2.14. The number of nitrogen functional groups attached to an aromatic ring is 1. The minimum atomic E-state index is -1.08. The summed E-state index contributed by atoms with van der Waals surface area (Å²) in [5.74, 6) is 0.455. The Morgan fingerprint density at radius 1 is 1.24 bits per heavy atom. The van der Waals surface area contributed by atoms with Crippen molar-refractivity contribution in [3.05, 3.63) is 47.5 Å². The van der Waals surface area contributed by atoms with Crippen molar-refractivity contribution in [3.8, 4) is 17.2 Å². The van der Waals surface area contributed by atoms with Crippen molar-refractivity contribution in [3.63, 3.8) is 0 Å². The summed E-state index contributed by atoms with van der Waals surface area (Å²) in [4.78, 5) is 11.2. The van der Waals surface area contributed by atoms with Crippen LogP contribution in [0.2, 0.25) is 0 Å². The van der Waals surface area contributed by atoms with Gasteiger partial charge in [-0.25, -0.2) is 4.79 Å². The molecule has 2 aromatic carbocycles. The molecule has 0 bridgehead atoms. The van der Waals surface area contributed by atoms with Crippen LogP contribution in [0.4, 0.5) is 5.69 Å². The van der Waals surface area contributed by atoms with Gasteiger partial charge in [-0.1, -0.05) is 12.1 Å². The highest BCUT2D eigenvalue weighted by Crippen LogP contribution is 2.33. The first-order valence-corrected chi connectivity index (χ1v) is 6.56. The number of benzene rings is 2. The number of hydrogen-bond acceptors (Lipinski definition) is 4. The van der Waals surface area contributed by atoms with E-state index < -0.39 is 5.97 Å². The van der Waals surface area contributed by atoms with Crippen molar-refractivity contribution < 1.29 is 19.4 Å². The Balaban J connectivity index is 2.38. The number of nitrogens with two attached hydrogens (primary N) is 1. The van der Waals surface area contributed by atoms with Gasteiger partial charge in [0, 0.05) is 5.69 Å². The van der Waals surface area contributed by atoms with E-state index >= 15 is 0 Å². The van der Waals surface area contributed by atoms with Crippen molar-refractivity contribution in [1.82, 2.24) is 0 Å². The van der Waals surface area contributed by atoms with Crippen LogP contribution in [0.3, 0.4) is 0 Å². The fraction of sp³-hybridized carbons (Fsp3) is 0.188. The zero-order valence-electron chi connectivity index (χ0n) is 11.9. The fourth-order valence-electron chi connectivity index (χ4n) is 1.94. The van der Waals surface area contributed by atoms with E-state index in [1.807, 2.05) is 19.1 Å². The second-order valence-corrected chi connectivity index (χ2v) is 4.49. The topological polar surface area (TPSA) is 81.8 Å². The number of aromatic carboxylic acids is 1. The molecule has 0 aliphatic rings. The largest absolute Gasteiger partial charge is 0.490 e. The number of para-hydroxylation sites is 2. The van der Waals surface area contributed by atoms with E-state index in [0.29, 0.717) is 29.4 Å². The van der Waals surface area contributed by atoms with E-state index in [1.54, 1.807) is 25.1 Å². The summed E-state index contributed by atoms with van der Waals surface area (Å²) < 4.78 is 11.2. The van der Waals surface area contributed by atoms with E-state index in [2.05, 4.69) is 0 Å². The molecule has 2 aromatic rings. The number of rotatable bonds is 5. The lowest BCUT2D eigenvalue weighted by molar-refractivity contribution is 0.0697. The molecule has 21 heavy (non-hydrogen) atoms. The molecule has 0 spiro atoms. The first-order valence-electron chi connectivity index (χ1n) is 6.56. The molecular formula is C16H17NO4. The van der Waals surface area contributed by atoms with Gasteiger partial charge in [-0.2, -0.15) is 0 Å². The summed E-state index contributed by atoms with van der Waals surface area (Å²) in [7, 11) is 0.